The molecular formula is C18H24N2O. The molecule has 0 aliphatic heterocycles. The first-order valence-corrected chi connectivity index (χ1v) is 7.51. The van der Waals surface area contributed by atoms with Gasteiger partial charge in [-0.15, -0.1) is 0 Å². The van der Waals surface area contributed by atoms with Crippen molar-refractivity contribution in [3.8, 4) is 11.5 Å². The van der Waals surface area contributed by atoms with E-state index < -0.39 is 0 Å². The summed E-state index contributed by atoms with van der Waals surface area (Å²) in [6.45, 7) is 10.2. The number of nitrogens with zero attached hydrogens (tertiary/aromatic N) is 1. The van der Waals surface area contributed by atoms with E-state index in [-0.39, 0.29) is 0 Å². The third-order valence-electron chi connectivity index (χ3n) is 3.69. The predicted octanol–water partition coefficient (Wildman–Crippen LogP) is 4.30. The fourth-order valence-electron chi connectivity index (χ4n) is 2.24. The van der Waals surface area contributed by atoms with Gasteiger partial charge in [0.05, 0.1) is 0 Å². The van der Waals surface area contributed by atoms with E-state index in [2.05, 4.69) is 50.1 Å². The number of pyridine rings is 1. The van der Waals surface area contributed by atoms with Gasteiger partial charge in [-0.05, 0) is 56.5 Å². The monoisotopic (exact) mass is 284 g/mol. The number of hydrogen-bond donors (Lipinski definition) is 1. The molecule has 2 rings (SSSR count). The molecule has 1 aromatic heterocycles. The van der Waals surface area contributed by atoms with Crippen LogP contribution in [0.2, 0.25) is 0 Å². The van der Waals surface area contributed by atoms with Gasteiger partial charge in [0.2, 0.25) is 0 Å². The van der Waals surface area contributed by atoms with Crippen LogP contribution in [0.25, 0.3) is 0 Å². The molecule has 0 unspecified atom stereocenters. The van der Waals surface area contributed by atoms with Gasteiger partial charge in [-0.2, -0.15) is 0 Å². The first kappa shape index (κ1) is 15.5. The zero-order valence-electron chi connectivity index (χ0n) is 13.4. The van der Waals surface area contributed by atoms with E-state index in [1.165, 1.54) is 11.1 Å². The number of aromatic nitrogens is 1. The quantitative estimate of drug-likeness (QED) is 0.803. The van der Waals surface area contributed by atoms with Crippen LogP contribution in [0.5, 0.6) is 11.5 Å². The van der Waals surface area contributed by atoms with Crippen molar-refractivity contribution < 1.29 is 4.74 Å². The molecule has 0 aliphatic rings. The second-order valence-electron chi connectivity index (χ2n) is 5.42. The second-order valence-corrected chi connectivity index (χ2v) is 5.42. The van der Waals surface area contributed by atoms with E-state index >= 15 is 0 Å². The van der Waals surface area contributed by atoms with Crippen molar-refractivity contribution in [3.63, 3.8) is 0 Å². The summed E-state index contributed by atoms with van der Waals surface area (Å²) in [7, 11) is 0. The second kappa shape index (κ2) is 7.23. The number of nitrogens with one attached hydrogen (secondary N) is 1. The highest BCUT2D eigenvalue weighted by Crippen LogP contribution is 2.32. The number of aryl methyl sites for hydroxylation is 2. The smallest absolute Gasteiger partial charge is 0.135 e. The average molecular weight is 284 g/mol. The average Bonchev–Trinajstić information content (AvgIpc) is 2.49. The van der Waals surface area contributed by atoms with Gasteiger partial charge in [-0.25, -0.2) is 0 Å². The van der Waals surface area contributed by atoms with Gasteiger partial charge in [0.25, 0.3) is 0 Å². The van der Waals surface area contributed by atoms with Crippen molar-refractivity contribution in [1.82, 2.24) is 10.3 Å². The molecule has 112 valence electrons. The molecule has 0 radical (unpaired) electrons. The highest BCUT2D eigenvalue weighted by Gasteiger charge is 2.10. The minimum Gasteiger partial charge on any atom is -0.456 e. The van der Waals surface area contributed by atoms with Gasteiger partial charge < -0.3 is 10.1 Å². The normalized spacial score (nSPS) is 10.7. The fraction of sp³-hybridized carbons (Fsp3) is 0.389. The van der Waals surface area contributed by atoms with E-state index in [4.69, 9.17) is 4.74 Å². The maximum atomic E-state index is 6.20. The zero-order chi connectivity index (χ0) is 15.2. The topological polar surface area (TPSA) is 34.2 Å². The minimum absolute atomic E-state index is 0.779. The lowest BCUT2D eigenvalue weighted by Crippen LogP contribution is -2.14. The molecule has 21 heavy (non-hydrogen) atoms. The molecule has 0 fully saturated rings. The Bertz CT molecular complexity index is 608. The Kier molecular flexibility index (Phi) is 5.34. The maximum absolute atomic E-state index is 6.20. The largest absolute Gasteiger partial charge is 0.456 e. The maximum Gasteiger partial charge on any atom is 0.135 e. The lowest BCUT2D eigenvalue weighted by atomic mass is 10.1. The summed E-state index contributed by atoms with van der Waals surface area (Å²) in [5, 5.41) is 3.40. The number of rotatable bonds is 6. The molecule has 0 amide bonds. The Hall–Kier alpha value is -1.87. The Morgan fingerprint density at radius 2 is 1.86 bits per heavy atom. The molecule has 1 aromatic carbocycles. The van der Waals surface area contributed by atoms with Gasteiger partial charge in [-0.3, -0.25) is 4.98 Å². The van der Waals surface area contributed by atoms with Gasteiger partial charge >= 0.3 is 0 Å². The third kappa shape index (κ3) is 3.82. The molecule has 1 N–H and O–H groups in total. The summed E-state index contributed by atoms with van der Waals surface area (Å²) >= 11 is 0. The molecular weight excluding hydrogens is 260 g/mol. The number of benzene rings is 1. The minimum atomic E-state index is 0.779. The van der Waals surface area contributed by atoms with Crippen LogP contribution in [0, 0.1) is 20.8 Å². The van der Waals surface area contributed by atoms with Crippen molar-refractivity contribution in [2.75, 3.05) is 6.54 Å². The highest BCUT2D eigenvalue weighted by atomic mass is 16.5. The van der Waals surface area contributed by atoms with Gasteiger partial charge in [0, 0.05) is 24.5 Å². The van der Waals surface area contributed by atoms with Gasteiger partial charge in [0.1, 0.15) is 11.5 Å². The first-order valence-electron chi connectivity index (χ1n) is 7.51. The molecule has 0 bridgehead atoms. The van der Waals surface area contributed by atoms with Crippen LogP contribution in [0.1, 0.15) is 35.6 Å². The van der Waals surface area contributed by atoms with Crippen LogP contribution >= 0.6 is 0 Å². The van der Waals surface area contributed by atoms with Crippen LogP contribution in [0.15, 0.2) is 30.6 Å². The van der Waals surface area contributed by atoms with Crippen molar-refractivity contribution in [2.45, 2.75) is 40.7 Å². The summed E-state index contributed by atoms with van der Waals surface area (Å²) in [5.41, 5.74) is 4.68. The number of hydrogen-bond acceptors (Lipinski definition) is 3. The van der Waals surface area contributed by atoms with Crippen LogP contribution in [0.3, 0.4) is 0 Å². The van der Waals surface area contributed by atoms with Crippen LogP contribution in [0.4, 0.5) is 0 Å². The van der Waals surface area contributed by atoms with Crippen molar-refractivity contribution in [1.29, 1.82) is 0 Å². The molecule has 0 atom stereocenters. The third-order valence-corrected chi connectivity index (χ3v) is 3.69. The fourth-order valence-corrected chi connectivity index (χ4v) is 2.24. The van der Waals surface area contributed by atoms with E-state index in [0.717, 1.165) is 42.1 Å². The van der Waals surface area contributed by atoms with E-state index in [1.807, 2.05) is 12.3 Å². The lowest BCUT2D eigenvalue weighted by molar-refractivity contribution is 0.464. The van der Waals surface area contributed by atoms with E-state index in [9.17, 15) is 0 Å². The molecule has 0 saturated carbocycles. The molecule has 2 aromatic rings. The Balaban J connectivity index is 2.26. The molecule has 3 heteroatoms. The Labute approximate surface area is 127 Å². The number of ether oxygens (including phenoxy) is 1. The van der Waals surface area contributed by atoms with E-state index in [0.29, 0.717) is 0 Å². The zero-order valence-corrected chi connectivity index (χ0v) is 13.4. The van der Waals surface area contributed by atoms with Crippen LogP contribution < -0.4 is 10.1 Å². The molecule has 0 aliphatic carbocycles. The summed E-state index contributed by atoms with van der Waals surface area (Å²) in [6.07, 6.45) is 4.77. The summed E-state index contributed by atoms with van der Waals surface area (Å²) in [5.74, 6) is 1.84. The lowest BCUT2D eigenvalue weighted by Gasteiger charge is -2.16. The summed E-state index contributed by atoms with van der Waals surface area (Å²) in [4.78, 5) is 4.21. The van der Waals surface area contributed by atoms with Crippen LogP contribution in [-0.4, -0.2) is 11.5 Å². The Morgan fingerprint density at radius 1 is 1.10 bits per heavy atom. The molecule has 3 nitrogen and oxygen atoms in total. The first-order chi connectivity index (χ1) is 10.1. The molecule has 0 spiro atoms. The standard InChI is InChI=1S/C18H24N2O/c1-5-9-19-11-16-12-20-10-8-17(16)21-18-14(3)7-6-13(2)15(18)4/h6-8,10,12,19H,5,9,11H2,1-4H3. The SMILES string of the molecule is CCCNCc1cnccc1Oc1c(C)ccc(C)c1C. The Morgan fingerprint density at radius 3 is 2.62 bits per heavy atom. The molecule has 0 saturated heterocycles. The summed E-state index contributed by atoms with van der Waals surface area (Å²) in [6, 6.07) is 6.17. The molecule has 1 heterocycles. The summed E-state index contributed by atoms with van der Waals surface area (Å²) < 4.78 is 6.20. The predicted molar refractivity (Wildman–Crippen MR) is 87.0 cm³/mol. The highest BCUT2D eigenvalue weighted by molar-refractivity contribution is 5.47. The van der Waals surface area contributed by atoms with Gasteiger partial charge in [-0.1, -0.05) is 19.1 Å². The van der Waals surface area contributed by atoms with Crippen molar-refractivity contribution in [3.05, 3.63) is 52.8 Å². The van der Waals surface area contributed by atoms with Crippen molar-refractivity contribution >= 4 is 0 Å². The van der Waals surface area contributed by atoms with E-state index in [1.54, 1.807) is 6.20 Å². The van der Waals surface area contributed by atoms with Crippen LogP contribution in [-0.2, 0) is 6.54 Å². The van der Waals surface area contributed by atoms with Gasteiger partial charge in [0.15, 0.2) is 0 Å². The van der Waals surface area contributed by atoms with Crippen molar-refractivity contribution in [2.24, 2.45) is 0 Å².